The van der Waals surface area contributed by atoms with Gasteiger partial charge in [0.2, 0.25) is 5.91 Å². The van der Waals surface area contributed by atoms with Gasteiger partial charge in [0.1, 0.15) is 18.6 Å². The molecule has 6 N–H and O–H groups in total. The van der Waals surface area contributed by atoms with Gasteiger partial charge in [-0.3, -0.25) is 14.4 Å². The van der Waals surface area contributed by atoms with E-state index in [9.17, 15) is 19.2 Å². The molecule has 0 heterocycles. The molecule has 0 unspecified atom stereocenters. The predicted octanol–water partition coefficient (Wildman–Crippen LogP) is 0.232. The molecule has 0 saturated carbocycles. The highest BCUT2D eigenvalue weighted by molar-refractivity contribution is 8.77. The molecule has 0 saturated heterocycles. The Morgan fingerprint density at radius 2 is 1.69 bits per heavy atom. The lowest BCUT2D eigenvalue weighted by Gasteiger charge is -2.21. The van der Waals surface area contributed by atoms with Crippen molar-refractivity contribution in [2.45, 2.75) is 37.6 Å². The molecule has 10 nitrogen and oxygen atoms in total. The molecule has 0 radical (unpaired) electrons. The standard InChI is InChI=1S/C13H23ClN4O6S2/c1-13(2,3)26-25-6-8(10(21)15-5-9(19)20)17-12(24)16-4-7(18-14)11(22)23/h7-8,18H,4-6H2,1-3H3,(H,15,21)(H,19,20)(H,22,23)(H2,16,17,24)/t7-,8-/m0/s1. The first-order valence-corrected chi connectivity index (χ1v) is 10.1. The lowest BCUT2D eigenvalue weighted by Crippen LogP contribution is -2.53. The van der Waals surface area contributed by atoms with Gasteiger partial charge in [0.05, 0.1) is 0 Å². The first-order chi connectivity index (χ1) is 12.0. The predicted molar refractivity (Wildman–Crippen MR) is 101 cm³/mol. The summed E-state index contributed by atoms with van der Waals surface area (Å²) in [7, 11) is 2.85. The summed E-state index contributed by atoms with van der Waals surface area (Å²) < 4.78 is -0.0737. The van der Waals surface area contributed by atoms with Gasteiger partial charge in [0.25, 0.3) is 0 Å². The highest BCUT2D eigenvalue weighted by Gasteiger charge is 2.24. The van der Waals surface area contributed by atoms with Crippen LogP contribution in [0.4, 0.5) is 4.79 Å². The number of carbonyl (C=O) groups is 4. The molecule has 150 valence electrons. The van der Waals surface area contributed by atoms with Gasteiger partial charge in [-0.2, -0.15) is 0 Å². The molecule has 13 heteroatoms. The summed E-state index contributed by atoms with van der Waals surface area (Å²) in [6.45, 7) is 5.06. The number of carboxylic acids is 2. The fourth-order valence-electron chi connectivity index (χ4n) is 1.32. The van der Waals surface area contributed by atoms with Crippen molar-refractivity contribution >= 4 is 57.2 Å². The van der Waals surface area contributed by atoms with Crippen LogP contribution >= 0.6 is 33.4 Å². The monoisotopic (exact) mass is 430 g/mol. The van der Waals surface area contributed by atoms with Crippen LogP contribution in [0.3, 0.4) is 0 Å². The number of carbonyl (C=O) groups excluding carboxylic acids is 2. The first-order valence-electron chi connectivity index (χ1n) is 7.39. The molecule has 0 spiro atoms. The second-order valence-corrected chi connectivity index (χ2v) is 9.38. The molecule has 0 fully saturated rings. The maximum atomic E-state index is 12.1. The summed E-state index contributed by atoms with van der Waals surface area (Å²) in [6.07, 6.45) is 0. The second kappa shape index (κ2) is 12.1. The lowest BCUT2D eigenvalue weighted by molar-refractivity contribution is -0.139. The van der Waals surface area contributed by atoms with Gasteiger partial charge in [-0.1, -0.05) is 42.4 Å². The topological polar surface area (TPSA) is 157 Å². The molecule has 26 heavy (non-hydrogen) atoms. The van der Waals surface area contributed by atoms with E-state index in [1.165, 1.54) is 21.6 Å². The molecule has 0 aromatic rings. The van der Waals surface area contributed by atoms with Crippen LogP contribution < -0.4 is 20.8 Å². The first kappa shape index (κ1) is 24.6. The quantitative estimate of drug-likeness (QED) is 0.199. The Bertz CT molecular complexity index is 517. The normalized spacial score (nSPS) is 13.4. The van der Waals surface area contributed by atoms with Crippen molar-refractivity contribution in [3.63, 3.8) is 0 Å². The number of aliphatic carboxylic acids is 2. The van der Waals surface area contributed by atoms with Crippen molar-refractivity contribution in [1.29, 1.82) is 0 Å². The van der Waals surface area contributed by atoms with Crippen molar-refractivity contribution in [2.24, 2.45) is 0 Å². The molecule has 0 bridgehead atoms. The number of carboxylic acid groups (broad SMARTS) is 2. The average Bonchev–Trinajstić information content (AvgIpc) is 2.50. The number of nitrogens with one attached hydrogen (secondary N) is 4. The van der Waals surface area contributed by atoms with E-state index >= 15 is 0 Å². The summed E-state index contributed by atoms with van der Waals surface area (Å²) in [4.78, 5) is 47.4. The number of halogens is 1. The third kappa shape index (κ3) is 12.1. The maximum Gasteiger partial charge on any atom is 0.323 e. The Morgan fingerprint density at radius 3 is 2.15 bits per heavy atom. The van der Waals surface area contributed by atoms with Crippen molar-refractivity contribution in [3.05, 3.63) is 0 Å². The lowest BCUT2D eigenvalue weighted by atomic mass is 10.3. The molecule has 0 rings (SSSR count). The van der Waals surface area contributed by atoms with Crippen LogP contribution in [0.15, 0.2) is 0 Å². The van der Waals surface area contributed by atoms with Crippen LogP contribution in [-0.4, -0.2) is 69.8 Å². The molecule has 0 aliphatic rings. The van der Waals surface area contributed by atoms with Gasteiger partial charge in [0, 0.05) is 17.0 Å². The minimum absolute atomic E-state index is 0.0737. The van der Waals surface area contributed by atoms with E-state index in [0.29, 0.717) is 0 Å². The fraction of sp³-hybridized carbons (Fsp3) is 0.692. The van der Waals surface area contributed by atoms with E-state index < -0.39 is 42.5 Å². The van der Waals surface area contributed by atoms with Crippen molar-refractivity contribution in [3.8, 4) is 0 Å². The van der Waals surface area contributed by atoms with E-state index in [4.69, 9.17) is 22.0 Å². The zero-order valence-corrected chi connectivity index (χ0v) is 16.9. The van der Waals surface area contributed by atoms with E-state index in [0.717, 1.165) is 0 Å². The van der Waals surface area contributed by atoms with E-state index in [1.54, 1.807) is 0 Å². The minimum Gasteiger partial charge on any atom is -0.480 e. The zero-order valence-electron chi connectivity index (χ0n) is 14.5. The zero-order chi connectivity index (χ0) is 20.3. The smallest absolute Gasteiger partial charge is 0.323 e. The van der Waals surface area contributed by atoms with Gasteiger partial charge >= 0.3 is 18.0 Å². The molecule has 0 aliphatic carbocycles. The van der Waals surface area contributed by atoms with Crippen molar-refractivity contribution in [2.75, 3.05) is 18.8 Å². The van der Waals surface area contributed by atoms with E-state index in [-0.39, 0.29) is 17.0 Å². The van der Waals surface area contributed by atoms with Crippen LogP contribution in [0, 0.1) is 0 Å². The fourth-order valence-corrected chi connectivity index (χ4v) is 3.96. The van der Waals surface area contributed by atoms with Gasteiger partial charge in [-0.25, -0.2) is 9.63 Å². The summed E-state index contributed by atoms with van der Waals surface area (Å²) >= 11 is 5.26. The number of rotatable bonds is 11. The number of amides is 3. The summed E-state index contributed by atoms with van der Waals surface area (Å²) in [6, 6.07) is -2.98. The Hall–Kier alpha value is -1.37. The molecular formula is C13H23ClN4O6S2. The Kier molecular flexibility index (Phi) is 11.5. The van der Waals surface area contributed by atoms with Crippen molar-refractivity contribution in [1.82, 2.24) is 20.8 Å². The maximum absolute atomic E-state index is 12.1. The molecule has 0 aliphatic heterocycles. The number of urea groups is 1. The van der Waals surface area contributed by atoms with Crippen molar-refractivity contribution < 1.29 is 29.4 Å². The number of hydrogen-bond donors (Lipinski definition) is 6. The minimum atomic E-state index is -1.26. The van der Waals surface area contributed by atoms with Gasteiger partial charge in [-0.15, -0.1) is 0 Å². The molecule has 0 aromatic heterocycles. The Morgan fingerprint density at radius 1 is 1.08 bits per heavy atom. The number of hydrogen-bond acceptors (Lipinski definition) is 7. The summed E-state index contributed by atoms with van der Waals surface area (Å²) in [5.74, 6) is -2.93. The van der Waals surface area contributed by atoms with Gasteiger partial charge < -0.3 is 26.2 Å². The van der Waals surface area contributed by atoms with E-state index in [2.05, 4.69) is 16.0 Å². The molecular weight excluding hydrogens is 408 g/mol. The largest absolute Gasteiger partial charge is 0.480 e. The van der Waals surface area contributed by atoms with Crippen LogP contribution in [-0.2, 0) is 14.4 Å². The van der Waals surface area contributed by atoms with Crippen LogP contribution in [0.2, 0.25) is 0 Å². The third-order valence-corrected chi connectivity index (χ3v) is 6.09. The highest BCUT2D eigenvalue weighted by atomic mass is 35.5. The Labute approximate surface area is 164 Å². The third-order valence-electron chi connectivity index (χ3n) is 2.48. The van der Waals surface area contributed by atoms with Crippen LogP contribution in [0.25, 0.3) is 0 Å². The summed E-state index contributed by atoms with van der Waals surface area (Å²) in [5.41, 5.74) is 0. The second-order valence-electron chi connectivity index (χ2n) is 6.00. The highest BCUT2D eigenvalue weighted by Crippen LogP contribution is 2.35. The molecule has 2 atom stereocenters. The Balaban J connectivity index is 4.70. The average molecular weight is 431 g/mol. The SMILES string of the molecule is CC(C)(C)SSC[C@H](NC(=O)NC[C@H](NCl)C(=O)O)C(=O)NCC(=O)O. The van der Waals surface area contributed by atoms with E-state index in [1.807, 2.05) is 25.6 Å². The van der Waals surface area contributed by atoms with Crippen LogP contribution in [0.5, 0.6) is 0 Å². The summed E-state index contributed by atoms with van der Waals surface area (Å²) in [5, 5.41) is 24.3. The molecule has 3 amide bonds. The van der Waals surface area contributed by atoms with Gasteiger partial charge in [-0.05, 0) is 11.8 Å². The van der Waals surface area contributed by atoms with Gasteiger partial charge in [0.15, 0.2) is 0 Å². The van der Waals surface area contributed by atoms with Crippen LogP contribution in [0.1, 0.15) is 20.8 Å². The molecule has 0 aromatic carbocycles.